The minimum Gasteiger partial charge on any atom is -0.488 e. The topological polar surface area (TPSA) is 124 Å². The van der Waals surface area contributed by atoms with Gasteiger partial charge in [-0.3, -0.25) is 19.2 Å². The van der Waals surface area contributed by atoms with Gasteiger partial charge in [-0.15, -0.1) is 0 Å². The number of rotatable bonds is 6. The molecule has 2 heterocycles. The van der Waals surface area contributed by atoms with E-state index in [0.29, 0.717) is 47.7 Å². The van der Waals surface area contributed by atoms with Crippen LogP contribution >= 0.6 is 0 Å². The van der Waals surface area contributed by atoms with Gasteiger partial charge in [0.2, 0.25) is 0 Å². The van der Waals surface area contributed by atoms with E-state index in [0.717, 1.165) is 44.5 Å². The molecule has 50 heavy (non-hydrogen) atoms. The van der Waals surface area contributed by atoms with Gasteiger partial charge in [0.15, 0.2) is 0 Å². The normalized spacial score (nSPS) is 12.5. The fraction of sp³-hybridized carbons (Fsp3) is 0.200. The Labute approximate surface area is 289 Å². The van der Waals surface area contributed by atoms with E-state index in [4.69, 9.17) is 28.4 Å². The summed E-state index contributed by atoms with van der Waals surface area (Å²) in [6.07, 6.45) is 4.05. The van der Waals surface area contributed by atoms with Crippen molar-refractivity contribution in [3.8, 4) is 34.5 Å². The van der Waals surface area contributed by atoms with Crippen molar-refractivity contribution in [2.24, 2.45) is 0 Å². The zero-order valence-corrected chi connectivity index (χ0v) is 28.6. The first-order valence-corrected chi connectivity index (χ1v) is 15.8. The van der Waals surface area contributed by atoms with Crippen molar-refractivity contribution in [1.82, 2.24) is 0 Å². The summed E-state index contributed by atoms with van der Waals surface area (Å²) >= 11 is 0. The summed E-state index contributed by atoms with van der Waals surface area (Å²) < 4.78 is 32.4. The molecule has 0 radical (unpaired) electrons. The van der Waals surface area contributed by atoms with E-state index in [1.54, 1.807) is 24.3 Å². The van der Waals surface area contributed by atoms with Gasteiger partial charge in [-0.25, -0.2) is 0 Å². The van der Waals surface area contributed by atoms with Gasteiger partial charge in [0.1, 0.15) is 47.7 Å². The van der Waals surface area contributed by atoms with Gasteiger partial charge in [-0.2, -0.15) is 0 Å². The lowest BCUT2D eigenvalue weighted by Crippen LogP contribution is -2.10. The predicted molar refractivity (Wildman–Crippen MR) is 187 cm³/mol. The molecule has 0 amide bonds. The van der Waals surface area contributed by atoms with Crippen LogP contribution in [0.1, 0.15) is 61.1 Å². The highest BCUT2D eigenvalue weighted by atomic mass is 16.5. The highest BCUT2D eigenvalue weighted by molar-refractivity contribution is 5.88. The van der Waals surface area contributed by atoms with Crippen LogP contribution in [0.4, 0.5) is 0 Å². The van der Waals surface area contributed by atoms with Crippen LogP contribution in [0, 0.1) is 13.8 Å². The fourth-order valence-corrected chi connectivity index (χ4v) is 5.47. The van der Waals surface area contributed by atoms with Crippen LogP contribution in [0.5, 0.6) is 34.5 Å². The van der Waals surface area contributed by atoms with Gasteiger partial charge in [0.25, 0.3) is 0 Å². The van der Waals surface area contributed by atoms with E-state index < -0.39 is 0 Å². The zero-order valence-electron chi connectivity index (χ0n) is 28.6. The molecule has 0 spiro atoms. The van der Waals surface area contributed by atoms with Crippen LogP contribution in [-0.4, -0.2) is 37.1 Å². The summed E-state index contributed by atoms with van der Waals surface area (Å²) in [5, 5.41) is 0. The summed E-state index contributed by atoms with van der Waals surface area (Å²) in [4.78, 5) is 44.6. The SMILES string of the molecule is CC(=O)Oc1cccc(C2=Cc3ccc(OC(C)=O)c(C)c3OC2)c1.CC(=O)Oc1cccc(C2=Cc3ccc(OC(C)=O)c(C)c3OC2)c1. The van der Waals surface area contributed by atoms with Crippen molar-refractivity contribution in [3.63, 3.8) is 0 Å². The van der Waals surface area contributed by atoms with E-state index >= 15 is 0 Å². The molecule has 4 aromatic carbocycles. The Morgan fingerprint density at radius 2 is 0.900 bits per heavy atom. The molecule has 2 aliphatic rings. The van der Waals surface area contributed by atoms with E-state index in [1.807, 2.05) is 74.5 Å². The standard InChI is InChI=1S/2C20H18O5/c2*1-12-19(25-14(3)22)8-7-16-9-17(11-23-20(12)16)15-5-4-6-18(10-15)24-13(2)21/h2*4-10H,11H2,1-3H3. The number of carbonyl (C=O) groups excluding carboxylic acids is 4. The second-order valence-electron chi connectivity index (χ2n) is 11.6. The Morgan fingerprint density at radius 1 is 0.520 bits per heavy atom. The quantitative estimate of drug-likeness (QED) is 0.149. The van der Waals surface area contributed by atoms with Gasteiger partial charge in [0, 0.05) is 49.9 Å². The Bertz CT molecular complexity index is 1910. The number of ether oxygens (including phenoxy) is 6. The molecule has 6 rings (SSSR count). The number of esters is 4. The number of fused-ring (bicyclic) bond motifs is 2. The van der Waals surface area contributed by atoms with E-state index in [1.165, 1.54) is 27.7 Å². The molecule has 0 N–H and O–H groups in total. The summed E-state index contributed by atoms with van der Waals surface area (Å²) in [6.45, 7) is 9.95. The lowest BCUT2D eigenvalue weighted by molar-refractivity contribution is -0.132. The molecule has 0 aliphatic carbocycles. The Balaban J connectivity index is 0.000000194. The maximum absolute atomic E-state index is 11.2. The van der Waals surface area contributed by atoms with Crippen molar-refractivity contribution in [2.45, 2.75) is 41.5 Å². The number of hydrogen-bond donors (Lipinski definition) is 0. The molecule has 0 aromatic heterocycles. The third-order valence-corrected chi connectivity index (χ3v) is 7.62. The predicted octanol–water partition coefficient (Wildman–Crippen LogP) is 7.56. The molecule has 10 heteroatoms. The summed E-state index contributed by atoms with van der Waals surface area (Å²) in [5.74, 6) is 1.97. The summed E-state index contributed by atoms with van der Waals surface area (Å²) in [5.41, 5.74) is 7.19. The van der Waals surface area contributed by atoms with Gasteiger partial charge in [-0.05, 0) is 96.8 Å². The van der Waals surface area contributed by atoms with Crippen molar-refractivity contribution in [2.75, 3.05) is 13.2 Å². The zero-order chi connectivity index (χ0) is 35.9. The first kappa shape index (κ1) is 35.2. The molecule has 0 saturated carbocycles. The van der Waals surface area contributed by atoms with E-state index in [2.05, 4.69) is 0 Å². The average Bonchev–Trinajstić information content (AvgIpc) is 3.07. The van der Waals surface area contributed by atoms with Crippen molar-refractivity contribution >= 4 is 47.2 Å². The number of hydrogen-bond acceptors (Lipinski definition) is 10. The van der Waals surface area contributed by atoms with Crippen LogP contribution in [0.2, 0.25) is 0 Å². The monoisotopic (exact) mass is 676 g/mol. The molecule has 0 unspecified atom stereocenters. The molecule has 4 aromatic rings. The third-order valence-electron chi connectivity index (χ3n) is 7.62. The molecule has 256 valence electrons. The first-order valence-electron chi connectivity index (χ1n) is 15.8. The van der Waals surface area contributed by atoms with Crippen LogP contribution in [0.25, 0.3) is 23.3 Å². The summed E-state index contributed by atoms with van der Waals surface area (Å²) in [7, 11) is 0. The third kappa shape index (κ3) is 8.65. The van der Waals surface area contributed by atoms with Gasteiger partial charge in [-0.1, -0.05) is 24.3 Å². The second kappa shape index (κ2) is 15.4. The minimum absolute atomic E-state index is 0.356. The Hall–Kier alpha value is -6.16. The van der Waals surface area contributed by atoms with Crippen molar-refractivity contribution in [3.05, 3.63) is 106 Å². The lowest BCUT2D eigenvalue weighted by atomic mass is 9.99. The van der Waals surface area contributed by atoms with E-state index in [9.17, 15) is 19.2 Å². The fourth-order valence-electron chi connectivity index (χ4n) is 5.47. The Morgan fingerprint density at radius 3 is 1.26 bits per heavy atom. The lowest BCUT2D eigenvalue weighted by Gasteiger charge is -2.21. The van der Waals surface area contributed by atoms with Crippen LogP contribution in [-0.2, 0) is 19.2 Å². The first-order chi connectivity index (χ1) is 23.9. The number of benzene rings is 4. The molecular formula is C40H36O10. The van der Waals surface area contributed by atoms with Gasteiger partial charge in [0.05, 0.1) is 0 Å². The second-order valence-corrected chi connectivity index (χ2v) is 11.6. The molecular weight excluding hydrogens is 640 g/mol. The smallest absolute Gasteiger partial charge is 0.308 e. The maximum Gasteiger partial charge on any atom is 0.308 e. The Kier molecular flexibility index (Phi) is 10.8. The molecule has 0 bridgehead atoms. The highest BCUT2D eigenvalue weighted by Crippen LogP contribution is 2.39. The maximum atomic E-state index is 11.2. The molecule has 0 saturated heterocycles. The summed E-state index contributed by atoms with van der Waals surface area (Å²) in [6, 6.07) is 21.9. The molecule has 0 atom stereocenters. The van der Waals surface area contributed by atoms with E-state index in [-0.39, 0.29) is 23.9 Å². The van der Waals surface area contributed by atoms with Gasteiger partial charge < -0.3 is 28.4 Å². The number of carbonyl (C=O) groups is 4. The van der Waals surface area contributed by atoms with Crippen molar-refractivity contribution < 1.29 is 47.6 Å². The molecule has 2 aliphatic heterocycles. The molecule has 0 fully saturated rings. The van der Waals surface area contributed by atoms with Crippen LogP contribution < -0.4 is 28.4 Å². The molecule has 10 nitrogen and oxygen atoms in total. The van der Waals surface area contributed by atoms with Crippen molar-refractivity contribution in [1.29, 1.82) is 0 Å². The van der Waals surface area contributed by atoms with Crippen LogP contribution in [0.15, 0.2) is 72.8 Å². The largest absolute Gasteiger partial charge is 0.488 e. The minimum atomic E-state index is -0.364. The average molecular weight is 677 g/mol. The highest BCUT2D eigenvalue weighted by Gasteiger charge is 2.20. The van der Waals surface area contributed by atoms with Crippen LogP contribution in [0.3, 0.4) is 0 Å². The van der Waals surface area contributed by atoms with Gasteiger partial charge >= 0.3 is 23.9 Å².